The molecular weight excluding hydrogens is 525 g/mol. The van der Waals surface area contributed by atoms with Gasteiger partial charge < -0.3 is 0 Å². The predicted molar refractivity (Wildman–Crippen MR) is 152 cm³/mol. The molecule has 0 spiro atoms. The van der Waals surface area contributed by atoms with E-state index in [0.29, 0.717) is 45.7 Å². The molecule has 3 aromatic rings. The van der Waals surface area contributed by atoms with E-state index in [9.17, 15) is 13.2 Å². The maximum absolute atomic E-state index is 13.4. The highest BCUT2D eigenvalue weighted by Gasteiger charge is 2.32. The van der Waals surface area contributed by atoms with Crippen molar-refractivity contribution >= 4 is 50.3 Å². The Kier molecular flexibility index (Phi) is 7.62. The van der Waals surface area contributed by atoms with Gasteiger partial charge in [0.25, 0.3) is 5.91 Å². The summed E-state index contributed by atoms with van der Waals surface area (Å²) < 4.78 is 30.6. The van der Waals surface area contributed by atoms with Gasteiger partial charge in [0, 0.05) is 37.0 Å². The lowest BCUT2D eigenvalue weighted by Gasteiger charge is -2.26. The third-order valence-corrected chi connectivity index (χ3v) is 9.70. The van der Waals surface area contributed by atoms with Crippen molar-refractivity contribution in [3.8, 4) is 16.9 Å². The Morgan fingerprint density at radius 3 is 2.54 bits per heavy atom. The van der Waals surface area contributed by atoms with Crippen molar-refractivity contribution in [2.45, 2.75) is 37.5 Å². The Morgan fingerprint density at radius 1 is 1.05 bits per heavy atom. The van der Waals surface area contributed by atoms with Crippen molar-refractivity contribution in [1.29, 1.82) is 0 Å². The fourth-order valence-electron chi connectivity index (χ4n) is 4.55. The number of thioether (sulfide) groups is 1. The molecule has 192 valence electrons. The molecule has 37 heavy (non-hydrogen) atoms. The van der Waals surface area contributed by atoms with E-state index >= 15 is 0 Å². The molecule has 1 amide bonds. The van der Waals surface area contributed by atoms with Gasteiger partial charge in [-0.2, -0.15) is 9.40 Å². The Labute approximate surface area is 227 Å². The van der Waals surface area contributed by atoms with E-state index < -0.39 is 10.0 Å². The number of rotatable bonds is 7. The highest BCUT2D eigenvalue weighted by Crippen LogP contribution is 2.35. The van der Waals surface area contributed by atoms with Crippen LogP contribution in [0, 0.1) is 0 Å². The number of para-hydroxylation sites is 1. The number of carbonyl (C=O) groups excluding carboxylic acids is 1. The molecule has 3 heterocycles. The first-order chi connectivity index (χ1) is 17.9. The summed E-state index contributed by atoms with van der Waals surface area (Å²) in [5.41, 5.74) is 2.84. The first kappa shape index (κ1) is 25.8. The molecule has 0 unspecified atom stereocenters. The molecule has 0 radical (unpaired) electrons. The lowest BCUT2D eigenvalue weighted by Crippen LogP contribution is -2.35. The molecule has 0 bridgehead atoms. The van der Waals surface area contributed by atoms with Crippen molar-refractivity contribution in [2.75, 3.05) is 19.6 Å². The minimum absolute atomic E-state index is 0.114. The van der Waals surface area contributed by atoms with Crippen LogP contribution in [0.1, 0.15) is 38.2 Å². The lowest BCUT2D eigenvalue weighted by atomic mass is 10.1. The molecule has 7 nitrogen and oxygen atoms in total. The van der Waals surface area contributed by atoms with Crippen LogP contribution in [0.15, 0.2) is 70.6 Å². The third kappa shape index (κ3) is 5.29. The molecular formula is C27H28N4O3S3. The number of benzene rings is 2. The summed E-state index contributed by atoms with van der Waals surface area (Å²) in [6, 6.07) is 16.6. The topological polar surface area (TPSA) is 75.5 Å². The van der Waals surface area contributed by atoms with Crippen LogP contribution < -0.4 is 0 Å². The SMILES string of the molecule is CCCN1C(=O)C(=Cc2cn(-c3ccccc3)nc2-c2cccc(S(=O)(=O)N3CCCCC3)c2)SC1=S. The molecule has 5 rings (SSSR count). The van der Waals surface area contributed by atoms with Gasteiger partial charge in [-0.3, -0.25) is 9.69 Å². The quantitative estimate of drug-likeness (QED) is 0.292. The normalized spacial score (nSPS) is 18.2. The summed E-state index contributed by atoms with van der Waals surface area (Å²) in [4.78, 5) is 15.4. The second kappa shape index (κ2) is 10.9. The third-order valence-electron chi connectivity index (χ3n) is 6.43. The number of hydrogen-bond donors (Lipinski definition) is 0. The molecule has 2 aliphatic heterocycles. The van der Waals surface area contributed by atoms with Gasteiger partial charge in [-0.05, 0) is 49.6 Å². The van der Waals surface area contributed by atoms with Crippen molar-refractivity contribution < 1.29 is 13.2 Å². The number of piperidine rings is 1. The summed E-state index contributed by atoms with van der Waals surface area (Å²) in [5, 5.41) is 4.82. The summed E-state index contributed by atoms with van der Waals surface area (Å²) in [7, 11) is -3.60. The van der Waals surface area contributed by atoms with Crippen LogP contribution in [-0.4, -0.2) is 57.3 Å². The summed E-state index contributed by atoms with van der Waals surface area (Å²) in [6.45, 7) is 3.67. The van der Waals surface area contributed by atoms with Gasteiger partial charge in [0.05, 0.1) is 15.5 Å². The van der Waals surface area contributed by atoms with Gasteiger partial charge in [0.1, 0.15) is 10.0 Å². The van der Waals surface area contributed by atoms with Gasteiger partial charge >= 0.3 is 0 Å². The lowest BCUT2D eigenvalue weighted by molar-refractivity contribution is -0.122. The van der Waals surface area contributed by atoms with Gasteiger partial charge in [0.15, 0.2) is 0 Å². The van der Waals surface area contributed by atoms with E-state index in [2.05, 4.69) is 0 Å². The van der Waals surface area contributed by atoms with E-state index in [4.69, 9.17) is 17.3 Å². The number of aromatic nitrogens is 2. The van der Waals surface area contributed by atoms with E-state index in [1.807, 2.05) is 55.6 Å². The van der Waals surface area contributed by atoms with E-state index in [0.717, 1.165) is 31.4 Å². The van der Waals surface area contributed by atoms with E-state index in [1.54, 1.807) is 32.1 Å². The van der Waals surface area contributed by atoms with Gasteiger partial charge in [-0.25, -0.2) is 13.1 Å². The molecule has 2 saturated heterocycles. The van der Waals surface area contributed by atoms with E-state index in [1.165, 1.54) is 11.8 Å². The second-order valence-corrected chi connectivity index (χ2v) is 12.7. The largest absolute Gasteiger partial charge is 0.293 e. The average Bonchev–Trinajstić information content (AvgIpc) is 3.46. The predicted octanol–water partition coefficient (Wildman–Crippen LogP) is 5.33. The van der Waals surface area contributed by atoms with Crippen molar-refractivity contribution in [3.63, 3.8) is 0 Å². The van der Waals surface area contributed by atoms with Crippen LogP contribution in [0.25, 0.3) is 23.0 Å². The van der Waals surface area contributed by atoms with Crippen LogP contribution >= 0.6 is 24.0 Å². The number of sulfonamides is 1. The molecule has 0 aliphatic carbocycles. The summed E-state index contributed by atoms with van der Waals surface area (Å²) in [5.74, 6) is -0.114. The molecule has 0 N–H and O–H groups in total. The van der Waals surface area contributed by atoms with Crippen LogP contribution in [-0.2, 0) is 14.8 Å². The number of thiocarbonyl (C=S) groups is 1. The second-order valence-electron chi connectivity index (χ2n) is 9.04. The molecule has 2 aromatic carbocycles. The van der Waals surface area contributed by atoms with Crippen molar-refractivity contribution in [1.82, 2.24) is 19.0 Å². The summed E-state index contributed by atoms with van der Waals surface area (Å²) >= 11 is 6.72. The Balaban J connectivity index is 1.58. The molecule has 10 heteroatoms. The zero-order valence-corrected chi connectivity index (χ0v) is 23.0. The van der Waals surface area contributed by atoms with Crippen LogP contribution in [0.5, 0.6) is 0 Å². The highest BCUT2D eigenvalue weighted by atomic mass is 32.2. The minimum atomic E-state index is -3.60. The van der Waals surface area contributed by atoms with Gasteiger partial charge in [0.2, 0.25) is 10.0 Å². The van der Waals surface area contributed by atoms with Crippen LogP contribution in [0.2, 0.25) is 0 Å². The van der Waals surface area contributed by atoms with E-state index in [-0.39, 0.29) is 10.8 Å². The standard InChI is InChI=1S/C27H28N4O3S3/c1-2-14-30-26(32)24(36-27(30)35)18-21-19-31(22-11-5-3-6-12-22)28-25(21)20-10-9-13-23(17-20)37(33,34)29-15-7-4-8-16-29/h3,5-6,9-13,17-19H,2,4,7-8,14-16H2,1H3. The molecule has 0 saturated carbocycles. The van der Waals surface area contributed by atoms with Crippen LogP contribution in [0.4, 0.5) is 0 Å². The average molecular weight is 553 g/mol. The zero-order valence-electron chi connectivity index (χ0n) is 20.5. The fraction of sp³-hybridized carbons (Fsp3) is 0.296. The molecule has 1 aromatic heterocycles. The Bertz CT molecular complexity index is 1460. The van der Waals surface area contributed by atoms with Gasteiger partial charge in [-0.1, -0.05) is 67.7 Å². The molecule has 2 aliphatic rings. The Morgan fingerprint density at radius 2 is 1.81 bits per heavy atom. The number of nitrogens with zero attached hydrogens (tertiary/aromatic N) is 4. The summed E-state index contributed by atoms with van der Waals surface area (Å²) in [6.07, 6.45) is 7.29. The smallest absolute Gasteiger partial charge is 0.266 e. The monoisotopic (exact) mass is 552 g/mol. The molecule has 2 fully saturated rings. The number of amides is 1. The first-order valence-electron chi connectivity index (χ1n) is 12.4. The highest BCUT2D eigenvalue weighted by molar-refractivity contribution is 8.26. The number of carbonyl (C=O) groups is 1. The minimum Gasteiger partial charge on any atom is -0.293 e. The van der Waals surface area contributed by atoms with Crippen LogP contribution in [0.3, 0.4) is 0 Å². The first-order valence-corrected chi connectivity index (χ1v) is 15.1. The number of hydrogen-bond acceptors (Lipinski definition) is 6. The fourth-order valence-corrected chi connectivity index (χ4v) is 7.41. The zero-order chi connectivity index (χ0) is 26.0. The molecule has 0 atom stereocenters. The Hall–Kier alpha value is -2.79. The van der Waals surface area contributed by atoms with Crippen molar-refractivity contribution in [2.24, 2.45) is 0 Å². The maximum atomic E-state index is 13.4. The van der Waals surface area contributed by atoms with Gasteiger partial charge in [-0.15, -0.1) is 0 Å². The maximum Gasteiger partial charge on any atom is 0.266 e. The van der Waals surface area contributed by atoms with Crippen molar-refractivity contribution in [3.05, 3.63) is 71.3 Å².